The molecule has 1 amide bonds. The number of nitrogens with zero attached hydrogens (tertiary/aromatic N) is 2. The fourth-order valence-corrected chi connectivity index (χ4v) is 2.36. The lowest BCUT2D eigenvalue weighted by Gasteiger charge is -2.16. The first-order chi connectivity index (χ1) is 9.11. The molecular formula is C15H23N3O. The number of pyridine rings is 1. The largest absolute Gasteiger partial charge is 0.370 e. The van der Waals surface area contributed by atoms with E-state index in [1.807, 2.05) is 17.0 Å². The molecule has 1 aromatic heterocycles. The number of carbonyl (C=O) groups excluding carboxylic acids is 1. The van der Waals surface area contributed by atoms with E-state index in [0.29, 0.717) is 17.5 Å². The molecule has 2 rings (SSSR count). The maximum atomic E-state index is 12.4. The van der Waals surface area contributed by atoms with Crippen molar-refractivity contribution in [3.05, 3.63) is 23.9 Å². The number of nitrogens with one attached hydrogen (secondary N) is 1. The van der Waals surface area contributed by atoms with Crippen molar-refractivity contribution in [3.63, 3.8) is 0 Å². The first-order valence-corrected chi connectivity index (χ1v) is 7.12. The molecule has 2 atom stereocenters. The molecule has 0 aromatic carbocycles. The van der Waals surface area contributed by atoms with E-state index in [4.69, 9.17) is 0 Å². The highest BCUT2D eigenvalue weighted by Gasteiger charge is 2.30. The zero-order valence-electron chi connectivity index (χ0n) is 12.0. The minimum Gasteiger partial charge on any atom is -0.370 e. The van der Waals surface area contributed by atoms with Crippen LogP contribution in [-0.4, -0.2) is 35.4 Å². The smallest absolute Gasteiger partial charge is 0.272 e. The molecule has 104 valence electrons. The summed E-state index contributed by atoms with van der Waals surface area (Å²) in [4.78, 5) is 18.7. The number of rotatable bonds is 4. The lowest BCUT2D eigenvalue weighted by atomic mass is 10.0. The van der Waals surface area contributed by atoms with Gasteiger partial charge in [0, 0.05) is 19.6 Å². The Kier molecular flexibility index (Phi) is 4.40. The van der Waals surface area contributed by atoms with Crippen LogP contribution in [0.25, 0.3) is 0 Å². The van der Waals surface area contributed by atoms with Crippen LogP contribution in [0, 0.1) is 11.8 Å². The van der Waals surface area contributed by atoms with Gasteiger partial charge in [-0.3, -0.25) is 4.79 Å². The second kappa shape index (κ2) is 6.04. The van der Waals surface area contributed by atoms with Crippen LogP contribution in [0.4, 0.5) is 5.82 Å². The summed E-state index contributed by atoms with van der Waals surface area (Å²) in [7, 11) is 0. The third-order valence-electron chi connectivity index (χ3n) is 3.80. The molecule has 2 unspecified atom stereocenters. The number of amides is 1. The van der Waals surface area contributed by atoms with Crippen LogP contribution in [0.5, 0.6) is 0 Å². The van der Waals surface area contributed by atoms with Crippen LogP contribution < -0.4 is 5.32 Å². The summed E-state index contributed by atoms with van der Waals surface area (Å²) in [5, 5.41) is 3.22. The van der Waals surface area contributed by atoms with Crippen molar-refractivity contribution in [2.45, 2.75) is 27.2 Å². The minimum atomic E-state index is 0.0522. The summed E-state index contributed by atoms with van der Waals surface area (Å²) < 4.78 is 0. The zero-order chi connectivity index (χ0) is 13.8. The summed E-state index contributed by atoms with van der Waals surface area (Å²) in [6.45, 7) is 9.06. The van der Waals surface area contributed by atoms with Gasteiger partial charge in [0.25, 0.3) is 5.91 Å². The lowest BCUT2D eigenvalue weighted by molar-refractivity contribution is 0.0779. The average Bonchev–Trinajstić information content (AvgIpc) is 2.76. The summed E-state index contributed by atoms with van der Waals surface area (Å²) in [6, 6.07) is 5.59. The second-order valence-electron chi connectivity index (χ2n) is 5.50. The highest BCUT2D eigenvalue weighted by molar-refractivity contribution is 5.92. The van der Waals surface area contributed by atoms with E-state index in [1.165, 1.54) is 0 Å². The van der Waals surface area contributed by atoms with Gasteiger partial charge in [-0.1, -0.05) is 26.8 Å². The fourth-order valence-electron chi connectivity index (χ4n) is 2.36. The maximum absolute atomic E-state index is 12.4. The topological polar surface area (TPSA) is 45.2 Å². The first-order valence-electron chi connectivity index (χ1n) is 7.12. The highest BCUT2D eigenvalue weighted by Crippen LogP contribution is 2.23. The van der Waals surface area contributed by atoms with Crippen molar-refractivity contribution in [2.75, 3.05) is 25.0 Å². The Morgan fingerprint density at radius 1 is 1.37 bits per heavy atom. The third kappa shape index (κ3) is 3.25. The van der Waals surface area contributed by atoms with Gasteiger partial charge in [0.15, 0.2) is 0 Å². The van der Waals surface area contributed by atoms with E-state index in [0.717, 1.165) is 31.9 Å². The summed E-state index contributed by atoms with van der Waals surface area (Å²) in [5.41, 5.74) is 0.544. The number of hydrogen-bond acceptors (Lipinski definition) is 3. The van der Waals surface area contributed by atoms with Crippen LogP contribution >= 0.6 is 0 Å². The molecule has 1 N–H and O–H groups in total. The van der Waals surface area contributed by atoms with E-state index >= 15 is 0 Å². The summed E-state index contributed by atoms with van der Waals surface area (Å²) >= 11 is 0. The van der Waals surface area contributed by atoms with Crippen LogP contribution in [0.2, 0.25) is 0 Å². The number of likely N-dealkylation sites (tertiary alicyclic amines) is 1. The van der Waals surface area contributed by atoms with Crippen molar-refractivity contribution in [1.29, 1.82) is 0 Å². The predicted molar refractivity (Wildman–Crippen MR) is 77.2 cm³/mol. The Hall–Kier alpha value is -1.58. The molecule has 0 aliphatic carbocycles. The second-order valence-corrected chi connectivity index (χ2v) is 5.50. The van der Waals surface area contributed by atoms with E-state index in [2.05, 4.69) is 31.1 Å². The van der Waals surface area contributed by atoms with Gasteiger partial charge in [-0.15, -0.1) is 0 Å². The van der Waals surface area contributed by atoms with E-state index in [1.54, 1.807) is 6.07 Å². The van der Waals surface area contributed by atoms with Gasteiger partial charge in [-0.05, 0) is 30.4 Å². The Morgan fingerprint density at radius 3 is 2.68 bits per heavy atom. The van der Waals surface area contributed by atoms with Gasteiger partial charge in [0.1, 0.15) is 11.5 Å². The molecule has 2 heterocycles. The molecule has 0 spiro atoms. The fraction of sp³-hybridized carbons (Fsp3) is 0.600. The molecule has 4 heteroatoms. The van der Waals surface area contributed by atoms with Crippen LogP contribution in [0.1, 0.15) is 37.7 Å². The number of aromatic nitrogens is 1. The molecule has 1 aliphatic rings. The number of hydrogen-bond donors (Lipinski definition) is 1. The van der Waals surface area contributed by atoms with Gasteiger partial charge < -0.3 is 10.2 Å². The molecule has 1 aliphatic heterocycles. The van der Waals surface area contributed by atoms with Crippen LogP contribution in [0.15, 0.2) is 18.2 Å². The number of carbonyl (C=O) groups is 1. The van der Waals surface area contributed by atoms with Gasteiger partial charge in [-0.2, -0.15) is 0 Å². The Morgan fingerprint density at radius 2 is 2.05 bits per heavy atom. The monoisotopic (exact) mass is 261 g/mol. The van der Waals surface area contributed by atoms with Crippen LogP contribution in [-0.2, 0) is 0 Å². The quantitative estimate of drug-likeness (QED) is 0.906. The van der Waals surface area contributed by atoms with Crippen molar-refractivity contribution < 1.29 is 4.79 Å². The SMILES string of the molecule is CCCNc1cccc(C(=O)N2CC(C)C(C)C2)n1. The molecule has 0 radical (unpaired) electrons. The molecular weight excluding hydrogens is 238 g/mol. The van der Waals surface area contributed by atoms with Crippen LogP contribution in [0.3, 0.4) is 0 Å². The van der Waals surface area contributed by atoms with E-state index < -0.39 is 0 Å². The normalized spacial score (nSPS) is 22.6. The molecule has 1 saturated heterocycles. The Bertz CT molecular complexity index is 437. The highest BCUT2D eigenvalue weighted by atomic mass is 16.2. The van der Waals surface area contributed by atoms with Gasteiger partial charge in [0.05, 0.1) is 0 Å². The Labute approximate surface area is 115 Å². The van der Waals surface area contributed by atoms with Gasteiger partial charge in [-0.25, -0.2) is 4.98 Å². The van der Waals surface area contributed by atoms with Crippen molar-refractivity contribution in [1.82, 2.24) is 9.88 Å². The zero-order valence-corrected chi connectivity index (χ0v) is 12.0. The van der Waals surface area contributed by atoms with Gasteiger partial charge in [0.2, 0.25) is 0 Å². The first kappa shape index (κ1) is 13.8. The molecule has 0 bridgehead atoms. The minimum absolute atomic E-state index is 0.0522. The molecule has 1 aromatic rings. The molecule has 4 nitrogen and oxygen atoms in total. The predicted octanol–water partition coefficient (Wildman–Crippen LogP) is 2.63. The summed E-state index contributed by atoms with van der Waals surface area (Å²) in [6.07, 6.45) is 1.04. The van der Waals surface area contributed by atoms with E-state index in [-0.39, 0.29) is 5.91 Å². The van der Waals surface area contributed by atoms with Crippen molar-refractivity contribution >= 4 is 11.7 Å². The van der Waals surface area contributed by atoms with Crippen molar-refractivity contribution in [2.24, 2.45) is 11.8 Å². The summed E-state index contributed by atoms with van der Waals surface area (Å²) in [5.74, 6) is 1.99. The molecule has 0 saturated carbocycles. The average molecular weight is 261 g/mol. The molecule has 1 fully saturated rings. The lowest BCUT2D eigenvalue weighted by Crippen LogP contribution is -2.29. The Balaban J connectivity index is 2.07. The third-order valence-corrected chi connectivity index (χ3v) is 3.80. The van der Waals surface area contributed by atoms with Gasteiger partial charge >= 0.3 is 0 Å². The maximum Gasteiger partial charge on any atom is 0.272 e. The molecule has 19 heavy (non-hydrogen) atoms. The van der Waals surface area contributed by atoms with E-state index in [9.17, 15) is 4.79 Å². The number of anilines is 1. The standard InChI is InChI=1S/C15H23N3O/c1-4-8-16-14-7-5-6-13(17-14)15(19)18-9-11(2)12(3)10-18/h5-7,11-12H,4,8-10H2,1-3H3,(H,16,17). The van der Waals surface area contributed by atoms with Crippen molar-refractivity contribution in [3.8, 4) is 0 Å².